The van der Waals surface area contributed by atoms with Gasteiger partial charge in [-0.05, 0) is 55.3 Å². The standard InChI is InChI=1S/C26H33N3O5S3/c1-5-8-17-28(18-9-6-2)37(33,34)21-12-10-20(11-13-21)25(30)27-26-29(16-7-3)23-15-14-22(36(4,31)32)19-24(23)35-26/h7,10-15,19H,3,5-6,8-9,16-18H2,1-2,4H3. The van der Waals surface area contributed by atoms with Crippen LogP contribution in [0, 0.1) is 0 Å². The number of unbranched alkanes of at least 4 members (excludes halogenated alkanes) is 2. The van der Waals surface area contributed by atoms with Crippen molar-refractivity contribution < 1.29 is 21.6 Å². The van der Waals surface area contributed by atoms with Gasteiger partial charge in [0, 0.05) is 31.5 Å². The Kier molecular flexibility index (Phi) is 9.63. The van der Waals surface area contributed by atoms with Crippen LogP contribution in [0.5, 0.6) is 0 Å². The van der Waals surface area contributed by atoms with Gasteiger partial charge in [0.15, 0.2) is 14.6 Å². The number of sulfonamides is 1. The molecule has 0 bridgehead atoms. The molecule has 37 heavy (non-hydrogen) atoms. The highest BCUT2D eigenvalue weighted by Gasteiger charge is 2.24. The molecule has 0 radical (unpaired) electrons. The lowest BCUT2D eigenvalue weighted by Crippen LogP contribution is -2.33. The van der Waals surface area contributed by atoms with E-state index in [0.29, 0.717) is 29.1 Å². The molecule has 200 valence electrons. The predicted molar refractivity (Wildman–Crippen MR) is 148 cm³/mol. The second kappa shape index (κ2) is 12.3. The van der Waals surface area contributed by atoms with Crippen LogP contribution in [-0.2, 0) is 26.4 Å². The number of allylic oxidation sites excluding steroid dienone is 1. The van der Waals surface area contributed by atoms with E-state index in [1.807, 2.05) is 13.8 Å². The van der Waals surface area contributed by atoms with Gasteiger partial charge in [0.25, 0.3) is 5.91 Å². The van der Waals surface area contributed by atoms with Crippen molar-refractivity contribution in [1.29, 1.82) is 0 Å². The van der Waals surface area contributed by atoms with Crippen molar-refractivity contribution in [3.05, 3.63) is 65.5 Å². The van der Waals surface area contributed by atoms with Crippen molar-refractivity contribution in [1.82, 2.24) is 8.87 Å². The summed E-state index contributed by atoms with van der Waals surface area (Å²) in [5.41, 5.74) is 0.997. The van der Waals surface area contributed by atoms with Gasteiger partial charge in [0.1, 0.15) is 0 Å². The Morgan fingerprint density at radius 3 is 2.14 bits per heavy atom. The molecule has 0 N–H and O–H groups in total. The van der Waals surface area contributed by atoms with Crippen LogP contribution < -0.4 is 4.80 Å². The van der Waals surface area contributed by atoms with Gasteiger partial charge in [-0.2, -0.15) is 9.30 Å². The SMILES string of the molecule is C=CCn1c(=NC(=O)c2ccc(S(=O)(=O)N(CCCC)CCCC)cc2)sc2cc(S(C)(=O)=O)ccc21. The minimum Gasteiger partial charge on any atom is -0.312 e. The van der Waals surface area contributed by atoms with Crippen molar-refractivity contribution in [2.75, 3.05) is 19.3 Å². The first kappa shape index (κ1) is 29.0. The fourth-order valence-corrected chi connectivity index (χ4v) is 7.08. The van der Waals surface area contributed by atoms with E-state index in [1.165, 1.54) is 46.0 Å². The molecule has 3 aromatic rings. The number of carbonyl (C=O) groups is 1. The summed E-state index contributed by atoms with van der Waals surface area (Å²) in [7, 11) is -7.05. The molecule has 0 fully saturated rings. The lowest BCUT2D eigenvalue weighted by atomic mass is 10.2. The third kappa shape index (κ3) is 6.84. The highest BCUT2D eigenvalue weighted by atomic mass is 32.2. The van der Waals surface area contributed by atoms with Crippen LogP contribution >= 0.6 is 11.3 Å². The molecule has 8 nitrogen and oxygen atoms in total. The maximum atomic E-state index is 13.2. The normalized spacial score (nSPS) is 12.9. The Labute approximate surface area is 222 Å². The van der Waals surface area contributed by atoms with Crippen LogP contribution in [0.4, 0.5) is 0 Å². The molecular formula is C26H33N3O5S3. The summed E-state index contributed by atoms with van der Waals surface area (Å²) >= 11 is 1.20. The summed E-state index contributed by atoms with van der Waals surface area (Å²) in [6.07, 6.45) is 6.17. The molecule has 0 saturated carbocycles. The van der Waals surface area contributed by atoms with Gasteiger partial charge in [0.05, 0.1) is 20.0 Å². The second-order valence-electron chi connectivity index (χ2n) is 8.74. The van der Waals surface area contributed by atoms with Gasteiger partial charge in [-0.25, -0.2) is 16.8 Å². The third-order valence-corrected chi connectivity index (χ3v) is 9.92. The fraction of sp³-hybridized carbons (Fsp3) is 0.385. The summed E-state index contributed by atoms with van der Waals surface area (Å²) in [5, 5.41) is 0. The number of rotatable bonds is 12. The van der Waals surface area contributed by atoms with Crippen LogP contribution in [0.3, 0.4) is 0 Å². The molecule has 0 aliphatic carbocycles. The number of thiazole rings is 1. The first-order valence-electron chi connectivity index (χ1n) is 12.2. The number of hydrogen-bond donors (Lipinski definition) is 0. The number of benzene rings is 2. The molecular weight excluding hydrogens is 531 g/mol. The predicted octanol–water partition coefficient (Wildman–Crippen LogP) is 4.62. The van der Waals surface area contributed by atoms with Crippen LogP contribution in [0.15, 0.2) is 69.9 Å². The molecule has 0 spiro atoms. The van der Waals surface area contributed by atoms with Gasteiger partial charge in [-0.15, -0.1) is 6.58 Å². The topological polar surface area (TPSA) is 106 Å². The van der Waals surface area contributed by atoms with Crippen molar-refractivity contribution >= 4 is 47.3 Å². The largest absolute Gasteiger partial charge is 0.312 e. The van der Waals surface area contributed by atoms with Crippen molar-refractivity contribution in [3.63, 3.8) is 0 Å². The van der Waals surface area contributed by atoms with E-state index in [9.17, 15) is 21.6 Å². The molecule has 0 aliphatic heterocycles. The maximum absolute atomic E-state index is 13.2. The van der Waals surface area contributed by atoms with Crippen molar-refractivity contribution in [2.24, 2.45) is 4.99 Å². The smallest absolute Gasteiger partial charge is 0.279 e. The molecule has 0 atom stereocenters. The van der Waals surface area contributed by atoms with Crippen molar-refractivity contribution in [2.45, 2.75) is 55.9 Å². The first-order valence-corrected chi connectivity index (χ1v) is 16.3. The summed E-state index contributed by atoms with van der Waals surface area (Å²) < 4.78 is 54.3. The van der Waals surface area contributed by atoms with Crippen molar-refractivity contribution in [3.8, 4) is 0 Å². The quantitative estimate of drug-likeness (QED) is 0.299. The Morgan fingerprint density at radius 2 is 1.59 bits per heavy atom. The minimum absolute atomic E-state index is 0.146. The highest BCUT2D eigenvalue weighted by Crippen LogP contribution is 2.23. The average Bonchev–Trinajstić information content (AvgIpc) is 3.19. The number of fused-ring (bicyclic) bond motifs is 1. The molecule has 11 heteroatoms. The molecule has 3 rings (SSSR count). The Balaban J connectivity index is 1.96. The zero-order chi connectivity index (χ0) is 27.2. The minimum atomic E-state index is -3.67. The number of hydrogen-bond acceptors (Lipinski definition) is 6. The number of amides is 1. The van der Waals surface area contributed by atoms with Crippen LogP contribution in [-0.4, -0.2) is 51.0 Å². The summed E-state index contributed by atoms with van der Waals surface area (Å²) in [6, 6.07) is 10.6. The van der Waals surface area contributed by atoms with Gasteiger partial charge < -0.3 is 4.57 Å². The first-order chi connectivity index (χ1) is 17.5. The van der Waals surface area contributed by atoms with E-state index in [1.54, 1.807) is 22.8 Å². The van der Waals surface area contributed by atoms with E-state index < -0.39 is 25.8 Å². The Morgan fingerprint density at radius 1 is 1.00 bits per heavy atom. The number of nitrogens with zero attached hydrogens (tertiary/aromatic N) is 3. The van der Waals surface area contributed by atoms with E-state index in [-0.39, 0.29) is 15.4 Å². The maximum Gasteiger partial charge on any atom is 0.279 e. The van der Waals surface area contributed by atoms with E-state index in [2.05, 4.69) is 11.6 Å². The molecule has 1 aromatic heterocycles. The van der Waals surface area contributed by atoms with E-state index in [4.69, 9.17) is 0 Å². The zero-order valence-electron chi connectivity index (χ0n) is 21.4. The molecule has 2 aromatic carbocycles. The van der Waals surface area contributed by atoms with Crippen LogP contribution in [0.1, 0.15) is 49.9 Å². The molecule has 1 heterocycles. The van der Waals surface area contributed by atoms with Gasteiger partial charge in [0.2, 0.25) is 10.0 Å². The van der Waals surface area contributed by atoms with E-state index in [0.717, 1.165) is 37.5 Å². The van der Waals surface area contributed by atoms with Crippen LogP contribution in [0.25, 0.3) is 10.2 Å². The summed E-state index contributed by atoms with van der Waals surface area (Å²) in [6.45, 7) is 9.12. The van der Waals surface area contributed by atoms with E-state index >= 15 is 0 Å². The molecule has 0 unspecified atom stereocenters. The average molecular weight is 564 g/mol. The second-order valence-corrected chi connectivity index (χ2v) is 13.7. The summed E-state index contributed by atoms with van der Waals surface area (Å²) in [5.74, 6) is -0.523. The molecule has 0 aliphatic rings. The lowest BCUT2D eigenvalue weighted by Gasteiger charge is -2.22. The zero-order valence-corrected chi connectivity index (χ0v) is 23.8. The summed E-state index contributed by atoms with van der Waals surface area (Å²) in [4.78, 5) is 18.0. The number of sulfone groups is 1. The number of carbonyl (C=O) groups excluding carboxylic acids is 1. The molecule has 0 saturated heterocycles. The lowest BCUT2D eigenvalue weighted by molar-refractivity contribution is 0.0997. The fourth-order valence-electron chi connectivity index (χ4n) is 3.77. The Hall–Kier alpha value is -2.60. The van der Waals surface area contributed by atoms with Crippen LogP contribution in [0.2, 0.25) is 0 Å². The Bertz CT molecular complexity index is 1540. The van der Waals surface area contributed by atoms with Gasteiger partial charge in [-0.1, -0.05) is 44.1 Å². The highest BCUT2D eigenvalue weighted by molar-refractivity contribution is 7.90. The van der Waals surface area contributed by atoms with Gasteiger partial charge >= 0.3 is 0 Å². The molecule has 1 amide bonds. The monoisotopic (exact) mass is 563 g/mol. The van der Waals surface area contributed by atoms with Gasteiger partial charge in [-0.3, -0.25) is 4.79 Å². The third-order valence-electron chi connectivity index (χ3n) is 5.85. The number of aromatic nitrogens is 1.